The number of carboxylic acids is 1. The second kappa shape index (κ2) is 15.2. The van der Waals surface area contributed by atoms with Gasteiger partial charge in [0, 0.05) is 37.6 Å². The predicted octanol–water partition coefficient (Wildman–Crippen LogP) is 5.91. The van der Waals surface area contributed by atoms with Crippen LogP contribution in [-0.2, 0) is 28.7 Å². The summed E-state index contributed by atoms with van der Waals surface area (Å²) in [5, 5.41) is 11.9. The summed E-state index contributed by atoms with van der Waals surface area (Å²) in [7, 11) is 5.00. The van der Waals surface area contributed by atoms with Gasteiger partial charge in [0.25, 0.3) is 5.91 Å². The van der Waals surface area contributed by atoms with Crippen LogP contribution < -0.4 is 19.7 Å². The standard InChI is InChI=1S/C35H32F3N3O7/c1-40(2)27-13-8-24(9-14-27)34(46)48-28-15-4-22(5-16-28)20-41(21-32(43)44)33(45)23-6-11-26(12-7-23)39-31(42)18-25-10-17-29(47-3)19-30(25)35(36,37)38/h4-17,19H,18,20-21H2,1-3H3,(H,39,42)(H,43,44). The number of amides is 2. The van der Waals surface area contributed by atoms with Crippen molar-refractivity contribution in [2.45, 2.75) is 19.1 Å². The number of carbonyl (C=O) groups excluding carboxylic acids is 3. The quantitative estimate of drug-likeness (QED) is 0.142. The molecule has 48 heavy (non-hydrogen) atoms. The van der Waals surface area contributed by atoms with E-state index in [0.717, 1.165) is 16.7 Å². The lowest BCUT2D eigenvalue weighted by Crippen LogP contribution is -2.35. The van der Waals surface area contributed by atoms with Crippen LogP contribution in [0.25, 0.3) is 0 Å². The Morgan fingerprint density at radius 1 is 0.812 bits per heavy atom. The molecule has 4 aromatic rings. The molecule has 0 aromatic heterocycles. The highest BCUT2D eigenvalue weighted by atomic mass is 19.4. The lowest BCUT2D eigenvalue weighted by molar-refractivity contribution is -0.139. The highest BCUT2D eigenvalue weighted by molar-refractivity contribution is 5.97. The Morgan fingerprint density at radius 2 is 1.42 bits per heavy atom. The number of hydrogen-bond donors (Lipinski definition) is 2. The molecule has 4 aromatic carbocycles. The number of carboxylic acid groups (broad SMARTS) is 1. The molecule has 10 nitrogen and oxygen atoms in total. The van der Waals surface area contributed by atoms with E-state index < -0.39 is 48.5 Å². The lowest BCUT2D eigenvalue weighted by Gasteiger charge is -2.21. The van der Waals surface area contributed by atoms with Gasteiger partial charge in [-0.05, 0) is 83.9 Å². The van der Waals surface area contributed by atoms with Crippen molar-refractivity contribution >= 4 is 35.1 Å². The number of carbonyl (C=O) groups is 4. The van der Waals surface area contributed by atoms with E-state index in [1.54, 1.807) is 36.4 Å². The molecule has 0 saturated carbocycles. The highest BCUT2D eigenvalue weighted by Gasteiger charge is 2.34. The van der Waals surface area contributed by atoms with Gasteiger partial charge in [0.15, 0.2) is 0 Å². The van der Waals surface area contributed by atoms with E-state index in [1.165, 1.54) is 55.6 Å². The monoisotopic (exact) mass is 663 g/mol. The van der Waals surface area contributed by atoms with Gasteiger partial charge in [-0.25, -0.2) is 4.79 Å². The maximum absolute atomic E-state index is 13.5. The van der Waals surface area contributed by atoms with Crippen molar-refractivity contribution in [2.75, 3.05) is 38.0 Å². The first-order valence-corrected chi connectivity index (χ1v) is 14.5. The fourth-order valence-corrected chi connectivity index (χ4v) is 4.67. The molecular weight excluding hydrogens is 631 g/mol. The van der Waals surface area contributed by atoms with E-state index in [1.807, 2.05) is 19.0 Å². The van der Waals surface area contributed by atoms with Gasteiger partial charge in [-0.3, -0.25) is 14.4 Å². The molecule has 0 aliphatic rings. The lowest BCUT2D eigenvalue weighted by atomic mass is 10.0. The van der Waals surface area contributed by atoms with Gasteiger partial charge in [-0.1, -0.05) is 18.2 Å². The van der Waals surface area contributed by atoms with Crippen molar-refractivity contribution in [1.29, 1.82) is 0 Å². The molecule has 4 rings (SSSR count). The van der Waals surface area contributed by atoms with E-state index in [4.69, 9.17) is 9.47 Å². The minimum Gasteiger partial charge on any atom is -0.497 e. The van der Waals surface area contributed by atoms with Crippen LogP contribution in [0.15, 0.2) is 91.0 Å². The molecule has 0 saturated heterocycles. The van der Waals surface area contributed by atoms with Crippen molar-refractivity contribution in [2.24, 2.45) is 0 Å². The van der Waals surface area contributed by atoms with Crippen molar-refractivity contribution in [3.05, 3.63) is 119 Å². The number of benzene rings is 4. The van der Waals surface area contributed by atoms with Crippen LogP contribution in [0.1, 0.15) is 37.4 Å². The summed E-state index contributed by atoms with van der Waals surface area (Å²) < 4.78 is 50.8. The van der Waals surface area contributed by atoms with E-state index in [0.29, 0.717) is 11.1 Å². The first kappa shape index (κ1) is 35.0. The third-order valence-corrected chi connectivity index (χ3v) is 7.13. The van der Waals surface area contributed by atoms with Gasteiger partial charge in [-0.15, -0.1) is 0 Å². The highest BCUT2D eigenvalue weighted by Crippen LogP contribution is 2.35. The van der Waals surface area contributed by atoms with Gasteiger partial charge in [-0.2, -0.15) is 13.2 Å². The number of hydrogen-bond acceptors (Lipinski definition) is 7. The van der Waals surface area contributed by atoms with Gasteiger partial charge < -0.3 is 29.7 Å². The van der Waals surface area contributed by atoms with Gasteiger partial charge >= 0.3 is 18.1 Å². The number of aliphatic carboxylic acids is 1. The Morgan fingerprint density at radius 3 is 1.98 bits per heavy atom. The van der Waals surface area contributed by atoms with Gasteiger partial charge in [0.05, 0.1) is 24.7 Å². The second-order valence-electron chi connectivity index (χ2n) is 10.9. The summed E-state index contributed by atoms with van der Waals surface area (Å²) in [5.41, 5.74) is 0.973. The molecule has 2 amide bonds. The third-order valence-electron chi connectivity index (χ3n) is 7.13. The number of rotatable bonds is 12. The van der Waals surface area contributed by atoms with Crippen LogP contribution >= 0.6 is 0 Å². The van der Waals surface area contributed by atoms with Crippen LogP contribution in [0, 0.1) is 0 Å². The summed E-state index contributed by atoms with van der Waals surface area (Å²) in [6.45, 7) is -0.687. The van der Waals surface area contributed by atoms with Crippen LogP contribution in [0.3, 0.4) is 0 Å². The molecule has 0 radical (unpaired) electrons. The Hall–Kier alpha value is -5.85. The number of anilines is 2. The summed E-state index contributed by atoms with van der Waals surface area (Å²) in [6, 6.07) is 22.0. The predicted molar refractivity (Wildman–Crippen MR) is 171 cm³/mol. The Kier molecular flexibility index (Phi) is 11.1. The molecule has 0 atom stereocenters. The molecule has 0 aliphatic carbocycles. The fourth-order valence-electron chi connectivity index (χ4n) is 4.67. The van der Waals surface area contributed by atoms with E-state index >= 15 is 0 Å². The first-order valence-electron chi connectivity index (χ1n) is 14.5. The normalized spacial score (nSPS) is 11.0. The zero-order valence-corrected chi connectivity index (χ0v) is 26.2. The molecule has 0 heterocycles. The smallest absolute Gasteiger partial charge is 0.416 e. The summed E-state index contributed by atoms with van der Waals surface area (Å²) in [5.74, 6) is -2.86. The maximum atomic E-state index is 13.5. The number of methoxy groups -OCH3 is 1. The molecule has 13 heteroatoms. The number of alkyl halides is 3. The van der Waals surface area contributed by atoms with E-state index in [-0.39, 0.29) is 34.9 Å². The molecule has 2 N–H and O–H groups in total. The number of nitrogens with zero attached hydrogens (tertiary/aromatic N) is 2. The minimum atomic E-state index is -4.69. The molecular formula is C35H32F3N3O7. The van der Waals surface area contributed by atoms with Crippen LogP contribution in [0.5, 0.6) is 11.5 Å². The van der Waals surface area contributed by atoms with Crippen LogP contribution in [-0.4, -0.2) is 61.5 Å². The van der Waals surface area contributed by atoms with Crippen molar-refractivity contribution < 1.29 is 46.9 Å². The number of halogens is 3. The maximum Gasteiger partial charge on any atom is 0.416 e. The van der Waals surface area contributed by atoms with Gasteiger partial charge in [0.2, 0.25) is 5.91 Å². The SMILES string of the molecule is COc1ccc(CC(=O)Nc2ccc(C(=O)N(CC(=O)O)Cc3ccc(OC(=O)c4ccc(N(C)C)cc4)cc3)cc2)c(C(F)(F)F)c1. The third kappa shape index (κ3) is 9.34. The summed E-state index contributed by atoms with van der Waals surface area (Å²) >= 11 is 0. The first-order chi connectivity index (χ1) is 22.7. The molecule has 0 spiro atoms. The van der Waals surface area contributed by atoms with E-state index in [2.05, 4.69) is 5.32 Å². The van der Waals surface area contributed by atoms with Crippen LogP contribution in [0.4, 0.5) is 24.5 Å². The fraction of sp³-hybridized carbons (Fsp3) is 0.200. The Labute approximate surface area is 274 Å². The average Bonchev–Trinajstić information content (AvgIpc) is 3.04. The van der Waals surface area contributed by atoms with Crippen LogP contribution in [0.2, 0.25) is 0 Å². The summed E-state index contributed by atoms with van der Waals surface area (Å²) in [6.07, 6.45) is -5.25. The molecule has 0 aliphatic heterocycles. The second-order valence-corrected chi connectivity index (χ2v) is 10.9. The zero-order valence-electron chi connectivity index (χ0n) is 26.2. The number of esters is 1. The summed E-state index contributed by atoms with van der Waals surface area (Å²) in [4.78, 5) is 53.0. The number of ether oxygens (including phenoxy) is 2. The molecule has 0 unspecified atom stereocenters. The molecule has 0 bridgehead atoms. The Balaban J connectivity index is 1.39. The Bertz CT molecular complexity index is 1770. The van der Waals surface area contributed by atoms with E-state index in [9.17, 15) is 37.5 Å². The number of nitrogens with one attached hydrogen (secondary N) is 1. The van der Waals surface area contributed by atoms with Crippen molar-refractivity contribution in [3.8, 4) is 11.5 Å². The van der Waals surface area contributed by atoms with Crippen molar-refractivity contribution in [3.63, 3.8) is 0 Å². The molecule has 0 fully saturated rings. The van der Waals surface area contributed by atoms with Gasteiger partial charge in [0.1, 0.15) is 18.0 Å². The topological polar surface area (TPSA) is 125 Å². The van der Waals surface area contributed by atoms with Crippen molar-refractivity contribution in [1.82, 2.24) is 4.90 Å². The largest absolute Gasteiger partial charge is 0.497 e. The zero-order chi connectivity index (χ0) is 35.0. The average molecular weight is 664 g/mol. The molecule has 250 valence electrons. The minimum absolute atomic E-state index is 0.00372.